The average molecular weight is 834 g/mol. The van der Waals surface area contributed by atoms with E-state index in [9.17, 15) is 0 Å². The van der Waals surface area contributed by atoms with Gasteiger partial charge in [0.1, 0.15) is 11.2 Å². The van der Waals surface area contributed by atoms with Gasteiger partial charge < -0.3 is 9.32 Å². The highest BCUT2D eigenvalue weighted by Gasteiger charge is 2.45. The summed E-state index contributed by atoms with van der Waals surface area (Å²) in [6.07, 6.45) is 0. The summed E-state index contributed by atoms with van der Waals surface area (Å²) >= 11 is 1.86. The second-order valence-electron chi connectivity index (χ2n) is 16.8. The molecule has 0 saturated heterocycles. The minimum Gasteiger partial charge on any atom is -0.456 e. The van der Waals surface area contributed by atoms with Crippen LogP contribution in [0.5, 0.6) is 0 Å². The van der Waals surface area contributed by atoms with Crippen molar-refractivity contribution in [3.05, 3.63) is 259 Å². The van der Waals surface area contributed by atoms with Gasteiger partial charge in [-0.1, -0.05) is 164 Å². The minimum atomic E-state index is -0.461. The zero-order chi connectivity index (χ0) is 42.2. The molecule has 64 heavy (non-hydrogen) atoms. The summed E-state index contributed by atoms with van der Waals surface area (Å²) in [6.45, 7) is 0. The third-order valence-electron chi connectivity index (χ3n) is 13.4. The van der Waals surface area contributed by atoms with Gasteiger partial charge in [0.15, 0.2) is 0 Å². The van der Waals surface area contributed by atoms with Gasteiger partial charge in [0.05, 0.1) is 5.41 Å². The van der Waals surface area contributed by atoms with E-state index in [1.54, 1.807) is 0 Å². The zero-order valence-corrected chi connectivity index (χ0v) is 35.6. The van der Waals surface area contributed by atoms with Crippen LogP contribution < -0.4 is 4.90 Å². The number of hydrogen-bond acceptors (Lipinski definition) is 3. The Hall–Kier alpha value is -7.98. The van der Waals surface area contributed by atoms with E-state index >= 15 is 0 Å². The van der Waals surface area contributed by atoms with Crippen LogP contribution >= 0.6 is 11.3 Å². The maximum absolute atomic E-state index is 6.16. The molecule has 10 aromatic carbocycles. The largest absolute Gasteiger partial charge is 0.456 e. The van der Waals surface area contributed by atoms with E-state index in [4.69, 9.17) is 4.42 Å². The second kappa shape index (κ2) is 14.6. The molecule has 0 saturated carbocycles. The third kappa shape index (κ3) is 5.64. The highest BCUT2D eigenvalue weighted by molar-refractivity contribution is 7.25. The highest BCUT2D eigenvalue weighted by Crippen LogP contribution is 2.56. The van der Waals surface area contributed by atoms with Crippen molar-refractivity contribution in [2.75, 3.05) is 4.90 Å². The van der Waals surface area contributed by atoms with Crippen LogP contribution in [-0.4, -0.2) is 0 Å². The molecule has 3 heteroatoms. The summed E-state index contributed by atoms with van der Waals surface area (Å²) in [5, 5.41) is 4.89. The Kier molecular flexibility index (Phi) is 8.34. The fourth-order valence-electron chi connectivity index (χ4n) is 10.4. The van der Waals surface area contributed by atoms with Gasteiger partial charge in [-0.05, 0) is 128 Å². The molecule has 300 valence electrons. The van der Waals surface area contributed by atoms with Gasteiger partial charge >= 0.3 is 0 Å². The molecule has 0 amide bonds. The molecule has 2 nitrogen and oxygen atoms in total. The molecule has 0 atom stereocenters. The molecule has 2 aromatic heterocycles. The highest BCUT2D eigenvalue weighted by atomic mass is 32.1. The van der Waals surface area contributed by atoms with Crippen LogP contribution in [0.1, 0.15) is 22.3 Å². The summed E-state index contributed by atoms with van der Waals surface area (Å²) < 4.78 is 8.80. The maximum Gasteiger partial charge on any atom is 0.135 e. The van der Waals surface area contributed by atoms with E-state index in [0.717, 1.165) is 50.1 Å². The van der Waals surface area contributed by atoms with Crippen molar-refractivity contribution in [1.29, 1.82) is 0 Å². The van der Waals surface area contributed by atoms with Gasteiger partial charge in [-0.15, -0.1) is 11.3 Å². The molecule has 0 unspecified atom stereocenters. The summed E-state index contributed by atoms with van der Waals surface area (Å²) in [5.74, 6) is 0. The molecule has 1 aliphatic rings. The van der Waals surface area contributed by atoms with Gasteiger partial charge in [-0.2, -0.15) is 0 Å². The molecule has 0 bridgehead atoms. The molecule has 2 heterocycles. The average Bonchev–Trinajstić information content (AvgIpc) is 4.03. The number of furan rings is 1. The first kappa shape index (κ1) is 36.7. The quantitative estimate of drug-likeness (QED) is 0.159. The molecule has 0 aliphatic heterocycles. The van der Waals surface area contributed by atoms with E-state index in [2.05, 4.69) is 229 Å². The lowest BCUT2D eigenvalue weighted by Crippen LogP contribution is -2.28. The summed E-state index contributed by atoms with van der Waals surface area (Å²) in [6, 6.07) is 86.6. The van der Waals surface area contributed by atoms with Crippen molar-refractivity contribution < 1.29 is 4.42 Å². The predicted octanol–water partition coefficient (Wildman–Crippen LogP) is 17.1. The maximum atomic E-state index is 6.16. The fourth-order valence-corrected chi connectivity index (χ4v) is 11.5. The van der Waals surface area contributed by atoms with Gasteiger partial charge in [0, 0.05) is 48.0 Å². The predicted molar refractivity (Wildman–Crippen MR) is 269 cm³/mol. The normalized spacial score (nSPS) is 12.8. The SMILES string of the molecule is c1ccc(C2(c3ccc(N(c4ccc(-c5ccc6oc7ccccc7c6c5)cc4)c4ccc(-c5ccc6sc7ccccc7c6c5)cc4)cc3)c3ccccc3-c3ccccc32)cc1. The Morgan fingerprint density at radius 2 is 0.797 bits per heavy atom. The van der Waals surface area contributed by atoms with Crippen molar-refractivity contribution >= 4 is 70.5 Å². The summed E-state index contributed by atoms with van der Waals surface area (Å²) in [5.41, 5.74) is 17.0. The van der Waals surface area contributed by atoms with Gasteiger partial charge in [0.25, 0.3) is 0 Å². The lowest BCUT2D eigenvalue weighted by Gasteiger charge is -2.34. The first-order valence-corrected chi connectivity index (χ1v) is 22.7. The van der Waals surface area contributed by atoms with Crippen molar-refractivity contribution in [2.24, 2.45) is 0 Å². The van der Waals surface area contributed by atoms with E-state index < -0.39 is 5.41 Å². The Balaban J connectivity index is 0.928. The van der Waals surface area contributed by atoms with Gasteiger partial charge in [-0.3, -0.25) is 0 Å². The number of nitrogens with zero attached hydrogens (tertiary/aromatic N) is 1. The molecular weight excluding hydrogens is 795 g/mol. The number of fused-ring (bicyclic) bond motifs is 9. The summed E-state index contributed by atoms with van der Waals surface area (Å²) in [7, 11) is 0. The van der Waals surface area contributed by atoms with Crippen molar-refractivity contribution in [2.45, 2.75) is 5.41 Å². The number of rotatable bonds is 7. The number of hydrogen-bond donors (Lipinski definition) is 0. The molecule has 0 fully saturated rings. The molecule has 0 spiro atoms. The Labute approximate surface area is 375 Å². The lowest BCUT2D eigenvalue weighted by atomic mass is 9.68. The number of anilines is 3. The molecular formula is C61H39NOS. The van der Waals surface area contributed by atoms with Gasteiger partial charge in [0.2, 0.25) is 0 Å². The van der Waals surface area contributed by atoms with Crippen molar-refractivity contribution in [3.63, 3.8) is 0 Å². The van der Waals surface area contributed by atoms with E-state index in [1.807, 2.05) is 23.5 Å². The summed E-state index contributed by atoms with van der Waals surface area (Å²) in [4.78, 5) is 2.38. The monoisotopic (exact) mass is 833 g/mol. The minimum absolute atomic E-state index is 0.461. The Morgan fingerprint density at radius 3 is 1.47 bits per heavy atom. The molecule has 13 rings (SSSR count). The topological polar surface area (TPSA) is 16.4 Å². The first-order valence-electron chi connectivity index (χ1n) is 21.9. The van der Waals surface area contributed by atoms with Crippen molar-refractivity contribution in [3.8, 4) is 33.4 Å². The zero-order valence-electron chi connectivity index (χ0n) is 34.8. The second-order valence-corrected chi connectivity index (χ2v) is 17.9. The Morgan fingerprint density at radius 1 is 0.328 bits per heavy atom. The third-order valence-corrected chi connectivity index (χ3v) is 14.5. The van der Waals surface area contributed by atoms with Crippen LogP contribution in [0.3, 0.4) is 0 Å². The number of benzene rings is 10. The number of para-hydroxylation sites is 1. The van der Waals surface area contributed by atoms with Crippen LogP contribution in [0.25, 0.3) is 75.5 Å². The van der Waals surface area contributed by atoms with Crippen LogP contribution in [0.4, 0.5) is 17.1 Å². The van der Waals surface area contributed by atoms with E-state index in [0.29, 0.717) is 0 Å². The standard InChI is InChI=1S/C61H39NOS/c1-2-12-44(13-3-1)61(55-18-8-4-14-49(55)50-15-5-9-19-56(50)61)45-28-34-48(35-29-45)62(46-30-22-40(23-31-46)42-26-36-58-53(38-42)51-16-6-10-20-57(51)63-58)47-32-24-41(25-33-47)43-27-37-60-54(39-43)52-17-7-11-21-59(52)64-60/h1-39H. The van der Waals surface area contributed by atoms with E-state index in [1.165, 1.54) is 64.7 Å². The molecule has 0 radical (unpaired) electrons. The Bertz CT molecular complexity index is 3510. The molecule has 12 aromatic rings. The number of thiophene rings is 1. The fraction of sp³-hybridized carbons (Fsp3) is 0.0164. The van der Waals surface area contributed by atoms with E-state index in [-0.39, 0.29) is 0 Å². The van der Waals surface area contributed by atoms with Crippen molar-refractivity contribution in [1.82, 2.24) is 0 Å². The van der Waals surface area contributed by atoms with Crippen LogP contribution in [0.15, 0.2) is 241 Å². The molecule has 1 aliphatic carbocycles. The smallest absolute Gasteiger partial charge is 0.135 e. The van der Waals surface area contributed by atoms with Crippen LogP contribution in [0.2, 0.25) is 0 Å². The lowest BCUT2D eigenvalue weighted by molar-refractivity contribution is 0.669. The van der Waals surface area contributed by atoms with Crippen LogP contribution in [0, 0.1) is 0 Å². The molecule has 0 N–H and O–H groups in total. The first-order chi connectivity index (χ1) is 31.7. The van der Waals surface area contributed by atoms with Gasteiger partial charge in [-0.25, -0.2) is 0 Å². The van der Waals surface area contributed by atoms with Crippen LogP contribution in [-0.2, 0) is 5.41 Å².